The van der Waals surface area contributed by atoms with E-state index in [2.05, 4.69) is 10.6 Å². The molecule has 0 fully saturated rings. The van der Waals surface area contributed by atoms with E-state index >= 15 is 0 Å². The summed E-state index contributed by atoms with van der Waals surface area (Å²) in [5.41, 5.74) is 1.21. The van der Waals surface area contributed by atoms with Crippen molar-refractivity contribution >= 4 is 11.6 Å². The summed E-state index contributed by atoms with van der Waals surface area (Å²) in [6.45, 7) is 5.37. The molecule has 17 heavy (non-hydrogen) atoms. The van der Waals surface area contributed by atoms with Crippen LogP contribution in [0, 0.1) is 17.2 Å². The molecule has 90 valence electrons. The molecule has 1 aromatic carbocycles. The standard InChI is InChI=1S/C13H17N3O/c1-3-15-9-10(2)13(17)16-12-6-4-5-11(7-12)8-14/h4-7,10,15H,3,9H2,1-2H3,(H,16,17). The molecule has 0 aliphatic carbocycles. The summed E-state index contributed by atoms with van der Waals surface area (Å²) in [4.78, 5) is 11.8. The van der Waals surface area contributed by atoms with Crippen LogP contribution in [0.15, 0.2) is 24.3 Å². The highest BCUT2D eigenvalue weighted by Gasteiger charge is 2.12. The fourth-order valence-electron chi connectivity index (χ4n) is 1.39. The molecule has 0 bridgehead atoms. The Morgan fingerprint density at radius 1 is 1.53 bits per heavy atom. The summed E-state index contributed by atoms with van der Waals surface area (Å²) in [5, 5.41) is 14.7. The number of nitriles is 1. The summed E-state index contributed by atoms with van der Waals surface area (Å²) in [5.74, 6) is -0.137. The molecule has 1 unspecified atom stereocenters. The lowest BCUT2D eigenvalue weighted by Gasteiger charge is -2.12. The van der Waals surface area contributed by atoms with Crippen molar-refractivity contribution in [2.75, 3.05) is 18.4 Å². The maximum atomic E-state index is 11.8. The summed E-state index contributed by atoms with van der Waals surface area (Å²) in [6.07, 6.45) is 0. The fraction of sp³-hybridized carbons (Fsp3) is 0.385. The Kier molecular flexibility index (Phi) is 5.18. The van der Waals surface area contributed by atoms with Gasteiger partial charge < -0.3 is 10.6 Å². The van der Waals surface area contributed by atoms with Crippen LogP contribution in [-0.2, 0) is 4.79 Å². The number of carbonyl (C=O) groups is 1. The van der Waals surface area contributed by atoms with Crippen LogP contribution in [-0.4, -0.2) is 19.0 Å². The second-order valence-corrected chi connectivity index (χ2v) is 3.89. The number of carbonyl (C=O) groups excluding carboxylic acids is 1. The van der Waals surface area contributed by atoms with Crippen molar-refractivity contribution in [3.05, 3.63) is 29.8 Å². The van der Waals surface area contributed by atoms with Gasteiger partial charge in [-0.15, -0.1) is 0 Å². The van der Waals surface area contributed by atoms with Crippen LogP contribution >= 0.6 is 0 Å². The first-order chi connectivity index (χ1) is 8.17. The minimum Gasteiger partial charge on any atom is -0.326 e. The minimum absolute atomic E-state index is 0.0407. The zero-order valence-corrected chi connectivity index (χ0v) is 10.2. The molecule has 4 nitrogen and oxygen atoms in total. The van der Waals surface area contributed by atoms with Gasteiger partial charge >= 0.3 is 0 Å². The summed E-state index contributed by atoms with van der Waals surface area (Å²) >= 11 is 0. The van der Waals surface area contributed by atoms with Gasteiger partial charge in [0, 0.05) is 18.2 Å². The van der Waals surface area contributed by atoms with Gasteiger partial charge in [-0.05, 0) is 24.7 Å². The van der Waals surface area contributed by atoms with E-state index < -0.39 is 0 Å². The normalized spacial score (nSPS) is 11.6. The van der Waals surface area contributed by atoms with Gasteiger partial charge in [0.1, 0.15) is 0 Å². The molecule has 0 aliphatic rings. The van der Waals surface area contributed by atoms with Crippen LogP contribution in [0.2, 0.25) is 0 Å². The third-order valence-corrected chi connectivity index (χ3v) is 2.41. The van der Waals surface area contributed by atoms with Crippen LogP contribution in [0.3, 0.4) is 0 Å². The van der Waals surface area contributed by atoms with Crippen molar-refractivity contribution in [2.45, 2.75) is 13.8 Å². The first-order valence-corrected chi connectivity index (χ1v) is 5.69. The molecule has 0 spiro atoms. The average molecular weight is 231 g/mol. The number of hydrogen-bond acceptors (Lipinski definition) is 3. The largest absolute Gasteiger partial charge is 0.326 e. The van der Waals surface area contributed by atoms with Gasteiger partial charge in [-0.25, -0.2) is 0 Å². The van der Waals surface area contributed by atoms with Gasteiger partial charge in [0.2, 0.25) is 5.91 Å². The van der Waals surface area contributed by atoms with E-state index in [9.17, 15) is 4.79 Å². The van der Waals surface area contributed by atoms with Gasteiger partial charge in [0.25, 0.3) is 0 Å². The molecule has 0 heterocycles. The lowest BCUT2D eigenvalue weighted by Crippen LogP contribution is -2.30. The van der Waals surface area contributed by atoms with Crippen LogP contribution in [0.5, 0.6) is 0 Å². The maximum absolute atomic E-state index is 11.8. The second-order valence-electron chi connectivity index (χ2n) is 3.89. The van der Waals surface area contributed by atoms with Crippen LogP contribution in [0.25, 0.3) is 0 Å². The van der Waals surface area contributed by atoms with Crippen LogP contribution < -0.4 is 10.6 Å². The van der Waals surface area contributed by atoms with E-state index in [1.807, 2.05) is 19.9 Å². The summed E-state index contributed by atoms with van der Waals surface area (Å²) in [7, 11) is 0. The van der Waals surface area contributed by atoms with E-state index in [-0.39, 0.29) is 11.8 Å². The highest BCUT2D eigenvalue weighted by atomic mass is 16.1. The molecular formula is C13H17N3O. The molecule has 0 saturated carbocycles. The van der Waals surface area contributed by atoms with E-state index in [4.69, 9.17) is 5.26 Å². The molecule has 0 aromatic heterocycles. The molecule has 1 atom stereocenters. The number of nitrogens with one attached hydrogen (secondary N) is 2. The third-order valence-electron chi connectivity index (χ3n) is 2.41. The van der Waals surface area contributed by atoms with E-state index in [1.54, 1.807) is 24.3 Å². The van der Waals surface area contributed by atoms with E-state index in [0.29, 0.717) is 17.8 Å². The lowest BCUT2D eigenvalue weighted by atomic mass is 10.1. The highest BCUT2D eigenvalue weighted by Crippen LogP contribution is 2.11. The van der Waals surface area contributed by atoms with Crippen molar-refractivity contribution in [1.29, 1.82) is 5.26 Å². The average Bonchev–Trinajstić information content (AvgIpc) is 2.36. The molecular weight excluding hydrogens is 214 g/mol. The van der Waals surface area contributed by atoms with Crippen molar-refractivity contribution in [1.82, 2.24) is 5.32 Å². The topological polar surface area (TPSA) is 64.9 Å². The number of hydrogen-bond donors (Lipinski definition) is 2. The van der Waals surface area contributed by atoms with Crippen LogP contribution in [0.1, 0.15) is 19.4 Å². The number of rotatable bonds is 5. The first-order valence-electron chi connectivity index (χ1n) is 5.69. The van der Waals surface area contributed by atoms with Gasteiger partial charge in [-0.3, -0.25) is 4.79 Å². The quantitative estimate of drug-likeness (QED) is 0.811. The second kappa shape index (κ2) is 6.66. The molecule has 1 amide bonds. The Balaban J connectivity index is 2.58. The first kappa shape index (κ1) is 13.2. The monoisotopic (exact) mass is 231 g/mol. The summed E-state index contributed by atoms with van der Waals surface area (Å²) in [6, 6.07) is 8.94. The van der Waals surface area contributed by atoms with E-state index in [1.165, 1.54) is 0 Å². The Labute approximate surface area is 102 Å². The highest BCUT2D eigenvalue weighted by molar-refractivity contribution is 5.92. The molecule has 0 aliphatic heterocycles. The Bertz CT molecular complexity index is 423. The Morgan fingerprint density at radius 3 is 2.94 bits per heavy atom. The van der Waals surface area contributed by atoms with Gasteiger partial charge in [0.05, 0.1) is 11.6 Å². The molecule has 1 rings (SSSR count). The molecule has 1 aromatic rings. The Hall–Kier alpha value is -1.86. The molecule has 0 saturated heterocycles. The zero-order chi connectivity index (χ0) is 12.7. The predicted octanol–water partition coefficient (Wildman–Crippen LogP) is 1.74. The smallest absolute Gasteiger partial charge is 0.228 e. The van der Waals surface area contributed by atoms with Crippen molar-refractivity contribution in [2.24, 2.45) is 5.92 Å². The van der Waals surface area contributed by atoms with Gasteiger partial charge in [-0.1, -0.05) is 19.9 Å². The van der Waals surface area contributed by atoms with Crippen molar-refractivity contribution in [3.63, 3.8) is 0 Å². The number of nitrogens with zero attached hydrogens (tertiary/aromatic N) is 1. The lowest BCUT2D eigenvalue weighted by molar-refractivity contribution is -0.119. The predicted molar refractivity (Wildman–Crippen MR) is 67.5 cm³/mol. The SMILES string of the molecule is CCNCC(C)C(=O)Nc1cccc(C#N)c1. The van der Waals surface area contributed by atoms with Gasteiger partial charge in [0.15, 0.2) is 0 Å². The van der Waals surface area contributed by atoms with E-state index in [0.717, 1.165) is 6.54 Å². The van der Waals surface area contributed by atoms with Crippen LogP contribution in [0.4, 0.5) is 5.69 Å². The zero-order valence-electron chi connectivity index (χ0n) is 10.2. The molecule has 0 radical (unpaired) electrons. The van der Waals surface area contributed by atoms with Crippen molar-refractivity contribution in [3.8, 4) is 6.07 Å². The number of benzene rings is 1. The van der Waals surface area contributed by atoms with Crippen molar-refractivity contribution < 1.29 is 4.79 Å². The minimum atomic E-state index is -0.0966. The Morgan fingerprint density at radius 2 is 2.29 bits per heavy atom. The fourth-order valence-corrected chi connectivity index (χ4v) is 1.39. The summed E-state index contributed by atoms with van der Waals surface area (Å²) < 4.78 is 0. The number of anilines is 1. The third kappa shape index (κ3) is 4.25. The molecule has 2 N–H and O–H groups in total. The number of amides is 1. The maximum Gasteiger partial charge on any atom is 0.228 e. The van der Waals surface area contributed by atoms with Gasteiger partial charge in [-0.2, -0.15) is 5.26 Å². The molecule has 4 heteroatoms.